The average molecular weight is 456 g/mol. The van der Waals surface area contributed by atoms with Gasteiger partial charge in [0.25, 0.3) is 0 Å². The Morgan fingerprint density at radius 3 is 2.80 bits per heavy atom. The highest BCUT2D eigenvalue weighted by Crippen LogP contribution is 2.47. The van der Waals surface area contributed by atoms with E-state index in [2.05, 4.69) is 64.8 Å². The zero-order valence-electron chi connectivity index (χ0n) is 14.5. The second-order valence-corrected chi connectivity index (χ2v) is 7.71. The summed E-state index contributed by atoms with van der Waals surface area (Å²) in [7, 11) is 0. The van der Waals surface area contributed by atoms with E-state index in [0.29, 0.717) is 6.04 Å². The number of hydrogen-bond acceptors (Lipinski definition) is 3. The lowest BCUT2D eigenvalue weighted by atomic mass is 9.76. The number of carbonyl (C=O) groups excluding carboxylic acids is 1. The van der Waals surface area contributed by atoms with E-state index in [1.54, 1.807) is 0 Å². The molecule has 2 saturated heterocycles. The van der Waals surface area contributed by atoms with Crippen LogP contribution in [-0.4, -0.2) is 42.8 Å². The fourth-order valence-corrected chi connectivity index (χ4v) is 4.70. The van der Waals surface area contributed by atoms with Gasteiger partial charge < -0.3 is 4.74 Å². The predicted octanol–water partition coefficient (Wildman–Crippen LogP) is 4.39. The molecule has 25 heavy (non-hydrogen) atoms. The van der Waals surface area contributed by atoms with Crippen LogP contribution in [0.15, 0.2) is 34.4 Å². The van der Waals surface area contributed by atoms with Gasteiger partial charge in [-0.3, -0.25) is 9.69 Å². The van der Waals surface area contributed by atoms with Crippen molar-refractivity contribution in [2.75, 3.05) is 19.8 Å². The number of piperidine rings is 1. The molecule has 136 valence electrons. The van der Waals surface area contributed by atoms with Gasteiger partial charge >= 0.3 is 5.97 Å². The molecule has 3 nitrogen and oxygen atoms in total. The van der Waals surface area contributed by atoms with Crippen LogP contribution in [0.4, 0.5) is 4.39 Å². The number of rotatable bonds is 6. The van der Waals surface area contributed by atoms with Crippen molar-refractivity contribution in [3.05, 3.63) is 45.6 Å². The van der Waals surface area contributed by atoms with Crippen LogP contribution >= 0.6 is 22.6 Å². The quantitative estimate of drug-likeness (QED) is 0.470. The SMILES string of the molecule is Cc1ccc([C@H]2C[C@@H]3CC[C@H]([C@H]2C(=O)OCC[18F])N3C/C=C/I)cc1. The molecule has 2 fully saturated rings. The van der Waals surface area contributed by atoms with Gasteiger partial charge in [-0.25, -0.2) is 4.39 Å². The van der Waals surface area contributed by atoms with E-state index in [1.165, 1.54) is 11.1 Å². The molecule has 2 aliphatic heterocycles. The molecule has 0 amide bonds. The maximum atomic E-state index is 12.8. The zero-order valence-corrected chi connectivity index (χ0v) is 16.7. The molecule has 0 N–H and O–H groups in total. The Hall–Kier alpha value is -0.950. The Morgan fingerprint density at radius 2 is 2.12 bits per heavy atom. The molecule has 0 unspecified atom stereocenters. The minimum atomic E-state index is -0.623. The van der Waals surface area contributed by atoms with Crippen molar-refractivity contribution in [3.8, 4) is 0 Å². The number of benzene rings is 1. The average Bonchev–Trinajstić information content (AvgIpc) is 2.89. The first kappa shape index (κ1) is 18.8. The minimum Gasteiger partial charge on any atom is -0.463 e. The van der Waals surface area contributed by atoms with Gasteiger partial charge in [0, 0.05) is 24.5 Å². The summed E-state index contributed by atoms with van der Waals surface area (Å²) in [5, 5.41) is 0. The third-order valence-corrected chi connectivity index (χ3v) is 6.08. The van der Waals surface area contributed by atoms with Crippen molar-refractivity contribution in [1.29, 1.82) is 0 Å². The van der Waals surface area contributed by atoms with E-state index >= 15 is 0 Å². The maximum absolute atomic E-state index is 12.8. The number of halogens is 2. The molecule has 0 spiro atoms. The predicted molar refractivity (Wildman–Crippen MR) is 106 cm³/mol. The molecule has 5 heteroatoms. The van der Waals surface area contributed by atoms with Gasteiger partial charge in [0.15, 0.2) is 0 Å². The number of hydrogen-bond donors (Lipinski definition) is 0. The Bertz CT molecular complexity index is 619. The normalized spacial score (nSPS) is 29.2. The van der Waals surface area contributed by atoms with Crippen LogP contribution in [0, 0.1) is 12.8 Å². The van der Waals surface area contributed by atoms with E-state index in [9.17, 15) is 9.18 Å². The first-order valence-corrected chi connectivity index (χ1v) is 10.2. The molecule has 2 aliphatic rings. The van der Waals surface area contributed by atoms with E-state index in [4.69, 9.17) is 4.74 Å². The molecular weight excluding hydrogens is 431 g/mol. The number of nitrogens with zero attached hydrogens (tertiary/aromatic N) is 1. The van der Waals surface area contributed by atoms with E-state index < -0.39 is 6.67 Å². The molecule has 2 heterocycles. The van der Waals surface area contributed by atoms with Crippen LogP contribution in [0.5, 0.6) is 0 Å². The van der Waals surface area contributed by atoms with Crippen molar-refractivity contribution in [3.63, 3.8) is 0 Å². The van der Waals surface area contributed by atoms with Gasteiger partial charge in [-0.2, -0.15) is 0 Å². The third kappa shape index (κ3) is 4.08. The first-order chi connectivity index (χ1) is 12.2. The monoisotopic (exact) mass is 456 g/mol. The molecule has 4 atom stereocenters. The lowest BCUT2D eigenvalue weighted by Crippen LogP contribution is -2.51. The minimum absolute atomic E-state index is 0.139. The van der Waals surface area contributed by atoms with Crippen LogP contribution in [0.25, 0.3) is 0 Å². The second kappa shape index (κ2) is 8.62. The van der Waals surface area contributed by atoms with Crippen LogP contribution in [0.1, 0.15) is 36.3 Å². The van der Waals surface area contributed by atoms with Crippen molar-refractivity contribution < 1.29 is 13.9 Å². The second-order valence-electron chi connectivity index (χ2n) is 6.99. The summed E-state index contributed by atoms with van der Waals surface area (Å²) >= 11 is 2.23. The molecule has 1 aromatic rings. The summed E-state index contributed by atoms with van der Waals surface area (Å²) in [6, 6.07) is 9.17. The van der Waals surface area contributed by atoms with Gasteiger partial charge in [-0.1, -0.05) is 58.5 Å². The van der Waals surface area contributed by atoms with E-state index in [0.717, 1.165) is 25.8 Å². The molecule has 0 aromatic heterocycles. The molecule has 0 aliphatic carbocycles. The molecule has 0 radical (unpaired) electrons. The summed E-state index contributed by atoms with van der Waals surface area (Å²) in [6.45, 7) is 2.17. The lowest BCUT2D eigenvalue weighted by molar-refractivity contribution is -0.154. The number of carbonyl (C=O) groups is 1. The van der Waals surface area contributed by atoms with Crippen LogP contribution in [-0.2, 0) is 9.53 Å². The summed E-state index contributed by atoms with van der Waals surface area (Å²) in [5.74, 6) is -0.294. The van der Waals surface area contributed by atoms with Gasteiger partial charge in [0.05, 0.1) is 5.92 Å². The highest BCUT2D eigenvalue weighted by Gasteiger charge is 2.50. The van der Waals surface area contributed by atoms with Crippen molar-refractivity contribution in [2.24, 2.45) is 5.92 Å². The number of alkyl halides is 1. The Morgan fingerprint density at radius 1 is 1.36 bits per heavy atom. The largest absolute Gasteiger partial charge is 0.463 e. The standard InChI is InChI=1S/C20H25FINO2/c1-14-3-5-15(6-4-14)17-13-16-7-8-18(23(16)11-2-10-22)19(17)20(24)25-12-9-21/h2-6,10,16-19H,7-9,11-13H2,1H3/b10-2+/t16-,17+,18+,19-/m0/s1/i21-1. The van der Waals surface area contributed by atoms with Crippen molar-refractivity contribution in [2.45, 2.75) is 44.2 Å². The molecule has 3 rings (SSSR count). The smallest absolute Gasteiger partial charge is 0.311 e. The topological polar surface area (TPSA) is 29.5 Å². The maximum Gasteiger partial charge on any atom is 0.311 e. The summed E-state index contributed by atoms with van der Waals surface area (Å²) in [4.78, 5) is 15.2. The highest BCUT2D eigenvalue weighted by atomic mass is 127. The van der Waals surface area contributed by atoms with Gasteiger partial charge in [0.1, 0.15) is 13.3 Å². The summed E-state index contributed by atoms with van der Waals surface area (Å²) in [6.07, 6.45) is 5.23. The Labute approximate surface area is 162 Å². The Kier molecular flexibility index (Phi) is 6.49. The number of aryl methyl sites for hydroxylation is 1. The fourth-order valence-electron chi connectivity index (χ4n) is 4.47. The fraction of sp³-hybridized carbons (Fsp3) is 0.550. The van der Waals surface area contributed by atoms with Crippen molar-refractivity contribution in [1.82, 2.24) is 4.90 Å². The summed E-state index contributed by atoms with van der Waals surface area (Å²) < 4.78 is 19.8. The highest BCUT2D eigenvalue weighted by molar-refractivity contribution is 14.1. The number of ether oxygens (including phenoxy) is 1. The van der Waals surface area contributed by atoms with Gasteiger partial charge in [-0.05, 0) is 35.8 Å². The van der Waals surface area contributed by atoms with Crippen LogP contribution in [0.3, 0.4) is 0 Å². The zero-order chi connectivity index (χ0) is 17.8. The van der Waals surface area contributed by atoms with Crippen LogP contribution in [0.2, 0.25) is 0 Å². The molecule has 1 aromatic carbocycles. The number of fused-ring (bicyclic) bond motifs is 2. The van der Waals surface area contributed by atoms with Gasteiger partial charge in [-0.15, -0.1) is 0 Å². The van der Waals surface area contributed by atoms with E-state index in [-0.39, 0.29) is 30.5 Å². The summed E-state index contributed by atoms with van der Waals surface area (Å²) in [5.41, 5.74) is 2.42. The number of esters is 1. The first-order valence-electron chi connectivity index (χ1n) is 8.95. The van der Waals surface area contributed by atoms with E-state index in [1.807, 2.05) is 4.08 Å². The molecule has 0 saturated carbocycles. The molecule has 2 bridgehead atoms. The van der Waals surface area contributed by atoms with Crippen LogP contribution < -0.4 is 0 Å². The van der Waals surface area contributed by atoms with Crippen molar-refractivity contribution >= 4 is 28.6 Å². The molecular formula is C20H25FINO2. The lowest BCUT2D eigenvalue weighted by Gasteiger charge is -2.43. The van der Waals surface area contributed by atoms with Gasteiger partial charge in [0.2, 0.25) is 0 Å². The Balaban J connectivity index is 1.88. The third-order valence-electron chi connectivity index (χ3n) is 5.57.